The Morgan fingerprint density at radius 3 is 2.54 bits per heavy atom. The quantitative estimate of drug-likeness (QED) is 0.545. The van der Waals surface area contributed by atoms with Crippen molar-refractivity contribution in [3.8, 4) is 11.5 Å². The molecule has 0 saturated carbocycles. The summed E-state index contributed by atoms with van der Waals surface area (Å²) in [6.45, 7) is 5.66. The number of guanidine groups is 1. The third kappa shape index (κ3) is 5.82. The highest BCUT2D eigenvalue weighted by atomic mass is 16.5. The number of methoxy groups -OCH3 is 2. The molecule has 0 aromatic heterocycles. The number of amides is 1. The Labute approximate surface area is 155 Å². The van der Waals surface area contributed by atoms with Crippen molar-refractivity contribution in [1.82, 2.24) is 15.5 Å². The van der Waals surface area contributed by atoms with E-state index in [2.05, 4.69) is 15.6 Å². The van der Waals surface area contributed by atoms with Crippen molar-refractivity contribution in [3.63, 3.8) is 0 Å². The van der Waals surface area contributed by atoms with Crippen molar-refractivity contribution in [1.29, 1.82) is 0 Å². The third-order valence-corrected chi connectivity index (χ3v) is 4.30. The van der Waals surface area contributed by atoms with E-state index in [0.29, 0.717) is 37.0 Å². The van der Waals surface area contributed by atoms with Gasteiger partial charge in [-0.3, -0.25) is 4.79 Å². The zero-order valence-corrected chi connectivity index (χ0v) is 16.0. The van der Waals surface area contributed by atoms with Crippen LogP contribution in [0.5, 0.6) is 11.5 Å². The van der Waals surface area contributed by atoms with Crippen molar-refractivity contribution in [2.45, 2.75) is 32.7 Å². The molecule has 1 aromatic carbocycles. The molecule has 2 N–H and O–H groups in total. The Bertz CT molecular complexity index is 613. The van der Waals surface area contributed by atoms with E-state index in [-0.39, 0.29) is 5.91 Å². The monoisotopic (exact) mass is 362 g/mol. The SMILES string of the molecule is CCNC(=NCc1ccc(OC)c(OC)c1)NCCC(=O)N1CCCC1. The first kappa shape index (κ1) is 19.9. The summed E-state index contributed by atoms with van der Waals surface area (Å²) in [5, 5.41) is 6.44. The molecule has 0 radical (unpaired) electrons. The summed E-state index contributed by atoms with van der Waals surface area (Å²) in [5.41, 5.74) is 1.02. The van der Waals surface area contributed by atoms with E-state index >= 15 is 0 Å². The van der Waals surface area contributed by atoms with Crippen molar-refractivity contribution in [2.75, 3.05) is 40.4 Å². The van der Waals surface area contributed by atoms with Gasteiger partial charge in [0.1, 0.15) is 0 Å². The molecule has 26 heavy (non-hydrogen) atoms. The first-order valence-corrected chi connectivity index (χ1v) is 9.18. The lowest BCUT2D eigenvalue weighted by atomic mass is 10.2. The fourth-order valence-electron chi connectivity index (χ4n) is 2.90. The summed E-state index contributed by atoms with van der Waals surface area (Å²) in [4.78, 5) is 18.6. The topological polar surface area (TPSA) is 75.2 Å². The van der Waals surface area contributed by atoms with Crippen LogP contribution in [-0.4, -0.2) is 57.2 Å². The lowest BCUT2D eigenvalue weighted by Gasteiger charge is -2.16. The zero-order valence-electron chi connectivity index (χ0n) is 16.0. The standard InChI is InChI=1S/C19H30N4O3/c1-4-20-19(21-10-9-18(24)23-11-5-6-12-23)22-14-15-7-8-16(25-2)17(13-15)26-3/h7-8,13H,4-6,9-12,14H2,1-3H3,(H2,20,21,22). The molecule has 1 fully saturated rings. The van der Waals surface area contributed by atoms with Gasteiger partial charge >= 0.3 is 0 Å². The molecule has 1 aliphatic rings. The second kappa shape index (κ2) is 10.5. The second-order valence-electron chi connectivity index (χ2n) is 6.15. The molecule has 1 heterocycles. The third-order valence-electron chi connectivity index (χ3n) is 4.30. The van der Waals surface area contributed by atoms with E-state index in [9.17, 15) is 4.79 Å². The average molecular weight is 362 g/mol. The molecule has 0 bridgehead atoms. The van der Waals surface area contributed by atoms with Crippen LogP contribution in [0.15, 0.2) is 23.2 Å². The van der Waals surface area contributed by atoms with Gasteiger partial charge in [0.2, 0.25) is 5.91 Å². The molecular weight excluding hydrogens is 332 g/mol. The molecule has 2 rings (SSSR count). The predicted molar refractivity (Wildman–Crippen MR) is 103 cm³/mol. The van der Waals surface area contributed by atoms with Crippen LogP contribution in [0, 0.1) is 0 Å². The number of rotatable bonds is 8. The van der Waals surface area contributed by atoms with E-state index in [4.69, 9.17) is 9.47 Å². The number of benzene rings is 1. The highest BCUT2D eigenvalue weighted by Crippen LogP contribution is 2.27. The highest BCUT2D eigenvalue weighted by Gasteiger charge is 2.17. The van der Waals surface area contributed by atoms with Gasteiger partial charge in [-0.05, 0) is 37.5 Å². The molecule has 1 aromatic rings. The minimum atomic E-state index is 0.214. The van der Waals surface area contributed by atoms with Gasteiger partial charge in [0.25, 0.3) is 0 Å². The Kier molecular flexibility index (Phi) is 8.05. The lowest BCUT2D eigenvalue weighted by molar-refractivity contribution is -0.129. The number of nitrogens with zero attached hydrogens (tertiary/aromatic N) is 2. The van der Waals surface area contributed by atoms with Crippen molar-refractivity contribution < 1.29 is 14.3 Å². The van der Waals surface area contributed by atoms with Gasteiger partial charge in [-0.2, -0.15) is 0 Å². The van der Waals surface area contributed by atoms with Crippen LogP contribution in [0.2, 0.25) is 0 Å². The van der Waals surface area contributed by atoms with Crippen LogP contribution in [0.25, 0.3) is 0 Å². The molecule has 1 saturated heterocycles. The van der Waals surface area contributed by atoms with Gasteiger partial charge in [0.05, 0.1) is 20.8 Å². The summed E-state index contributed by atoms with van der Waals surface area (Å²) in [6, 6.07) is 5.76. The second-order valence-corrected chi connectivity index (χ2v) is 6.15. The maximum atomic E-state index is 12.1. The Morgan fingerprint density at radius 2 is 1.88 bits per heavy atom. The van der Waals surface area contributed by atoms with Crippen molar-refractivity contribution >= 4 is 11.9 Å². The van der Waals surface area contributed by atoms with E-state index < -0.39 is 0 Å². The van der Waals surface area contributed by atoms with Gasteiger partial charge < -0.3 is 25.0 Å². The predicted octanol–water partition coefficient (Wildman–Crippen LogP) is 1.77. The first-order chi connectivity index (χ1) is 12.7. The van der Waals surface area contributed by atoms with E-state index in [0.717, 1.165) is 38.0 Å². The van der Waals surface area contributed by atoms with Crippen molar-refractivity contribution in [2.24, 2.45) is 4.99 Å². The minimum Gasteiger partial charge on any atom is -0.493 e. The van der Waals surface area contributed by atoms with Gasteiger partial charge in [-0.25, -0.2) is 4.99 Å². The molecule has 7 nitrogen and oxygen atoms in total. The van der Waals surface area contributed by atoms with Crippen LogP contribution in [-0.2, 0) is 11.3 Å². The van der Waals surface area contributed by atoms with Gasteiger partial charge in [-0.15, -0.1) is 0 Å². The highest BCUT2D eigenvalue weighted by molar-refractivity contribution is 5.81. The van der Waals surface area contributed by atoms with Crippen molar-refractivity contribution in [3.05, 3.63) is 23.8 Å². The molecule has 1 amide bonds. The number of hydrogen-bond acceptors (Lipinski definition) is 4. The van der Waals surface area contributed by atoms with Crippen LogP contribution < -0.4 is 20.1 Å². The summed E-state index contributed by atoms with van der Waals surface area (Å²) in [7, 11) is 3.24. The fraction of sp³-hybridized carbons (Fsp3) is 0.579. The Morgan fingerprint density at radius 1 is 1.15 bits per heavy atom. The molecule has 0 atom stereocenters. The van der Waals surface area contributed by atoms with Gasteiger partial charge in [0.15, 0.2) is 17.5 Å². The first-order valence-electron chi connectivity index (χ1n) is 9.18. The summed E-state index contributed by atoms with van der Waals surface area (Å²) >= 11 is 0. The maximum absolute atomic E-state index is 12.1. The van der Waals surface area contributed by atoms with Crippen LogP contribution in [0.4, 0.5) is 0 Å². The number of nitrogens with one attached hydrogen (secondary N) is 2. The number of hydrogen-bond donors (Lipinski definition) is 2. The number of carbonyl (C=O) groups excluding carboxylic acids is 1. The minimum absolute atomic E-state index is 0.214. The normalized spacial score (nSPS) is 14.3. The molecule has 1 aliphatic heterocycles. The van der Waals surface area contributed by atoms with Gasteiger partial charge in [0, 0.05) is 32.6 Å². The summed E-state index contributed by atoms with van der Waals surface area (Å²) in [6.07, 6.45) is 2.73. The van der Waals surface area contributed by atoms with E-state index in [1.165, 1.54) is 0 Å². The molecule has 7 heteroatoms. The Balaban J connectivity index is 1.88. The molecule has 0 spiro atoms. The molecular formula is C19H30N4O3. The smallest absolute Gasteiger partial charge is 0.224 e. The maximum Gasteiger partial charge on any atom is 0.224 e. The number of ether oxygens (including phenoxy) is 2. The fourth-order valence-corrected chi connectivity index (χ4v) is 2.90. The van der Waals surface area contributed by atoms with E-state index in [1.54, 1.807) is 14.2 Å². The molecule has 144 valence electrons. The van der Waals surface area contributed by atoms with Gasteiger partial charge in [-0.1, -0.05) is 6.07 Å². The number of carbonyl (C=O) groups is 1. The number of likely N-dealkylation sites (tertiary alicyclic amines) is 1. The van der Waals surface area contributed by atoms with Crippen LogP contribution in [0.3, 0.4) is 0 Å². The van der Waals surface area contributed by atoms with Crippen LogP contribution in [0.1, 0.15) is 31.7 Å². The van der Waals surface area contributed by atoms with E-state index in [1.807, 2.05) is 30.0 Å². The van der Waals surface area contributed by atoms with Crippen LogP contribution >= 0.6 is 0 Å². The Hall–Kier alpha value is -2.44. The lowest BCUT2D eigenvalue weighted by Crippen LogP contribution is -2.39. The summed E-state index contributed by atoms with van der Waals surface area (Å²) < 4.78 is 10.6. The average Bonchev–Trinajstić information content (AvgIpc) is 3.20. The molecule has 0 aliphatic carbocycles. The number of aliphatic imine (C=N–C) groups is 1. The molecule has 0 unspecified atom stereocenters. The summed E-state index contributed by atoms with van der Waals surface area (Å²) in [5.74, 6) is 2.31. The zero-order chi connectivity index (χ0) is 18.8. The largest absolute Gasteiger partial charge is 0.493 e.